The molecular formula is C16H11NO. The molecule has 2 heteroatoms. The van der Waals surface area contributed by atoms with Crippen molar-refractivity contribution in [3.8, 4) is 17.4 Å². The van der Waals surface area contributed by atoms with Crippen molar-refractivity contribution >= 4 is 11.0 Å². The third-order valence-corrected chi connectivity index (χ3v) is 3.02. The van der Waals surface area contributed by atoms with Crippen LogP contribution >= 0.6 is 0 Å². The quantitative estimate of drug-likeness (QED) is 0.629. The monoisotopic (exact) mass is 233 g/mol. The zero-order valence-electron chi connectivity index (χ0n) is 9.97. The molecule has 0 atom stereocenters. The van der Waals surface area contributed by atoms with E-state index in [4.69, 9.17) is 4.42 Å². The van der Waals surface area contributed by atoms with Gasteiger partial charge in [0.25, 0.3) is 0 Å². The van der Waals surface area contributed by atoms with Crippen molar-refractivity contribution in [1.82, 2.24) is 0 Å². The number of nitriles is 1. The minimum absolute atomic E-state index is 0.606. The van der Waals surface area contributed by atoms with Gasteiger partial charge in [0.15, 0.2) is 5.76 Å². The smallest absolute Gasteiger partial charge is 0.153 e. The van der Waals surface area contributed by atoms with E-state index in [2.05, 4.69) is 6.07 Å². The van der Waals surface area contributed by atoms with Crippen LogP contribution in [-0.4, -0.2) is 0 Å². The molecule has 18 heavy (non-hydrogen) atoms. The minimum atomic E-state index is 0.606. The summed E-state index contributed by atoms with van der Waals surface area (Å²) in [6.07, 6.45) is 0. The molecule has 0 aliphatic carbocycles. The number of para-hydroxylation sites is 1. The zero-order chi connectivity index (χ0) is 12.5. The van der Waals surface area contributed by atoms with E-state index < -0.39 is 0 Å². The number of hydrogen-bond acceptors (Lipinski definition) is 2. The van der Waals surface area contributed by atoms with E-state index in [-0.39, 0.29) is 0 Å². The summed E-state index contributed by atoms with van der Waals surface area (Å²) in [6.45, 7) is 2.04. The second kappa shape index (κ2) is 4.05. The van der Waals surface area contributed by atoms with Gasteiger partial charge in [-0.1, -0.05) is 42.0 Å². The first-order chi connectivity index (χ1) is 8.79. The minimum Gasteiger partial charge on any atom is -0.455 e. The van der Waals surface area contributed by atoms with E-state index in [1.807, 2.05) is 55.5 Å². The fourth-order valence-corrected chi connectivity index (χ4v) is 2.06. The van der Waals surface area contributed by atoms with Crippen LogP contribution in [0.3, 0.4) is 0 Å². The number of hydrogen-bond donors (Lipinski definition) is 0. The number of nitrogens with zero attached hydrogens (tertiary/aromatic N) is 1. The lowest BCUT2D eigenvalue weighted by atomic mass is 10.1. The van der Waals surface area contributed by atoms with Gasteiger partial charge in [0.05, 0.1) is 0 Å². The molecule has 0 saturated carbocycles. The van der Waals surface area contributed by atoms with Crippen molar-refractivity contribution < 1.29 is 4.42 Å². The molecule has 2 aromatic carbocycles. The van der Waals surface area contributed by atoms with Crippen LogP contribution in [0.1, 0.15) is 11.1 Å². The van der Waals surface area contributed by atoms with Gasteiger partial charge in [-0.15, -0.1) is 0 Å². The van der Waals surface area contributed by atoms with Gasteiger partial charge in [0.1, 0.15) is 17.2 Å². The molecule has 0 unspecified atom stereocenters. The van der Waals surface area contributed by atoms with Gasteiger partial charge in [-0.2, -0.15) is 5.26 Å². The number of rotatable bonds is 1. The molecular weight excluding hydrogens is 222 g/mol. The number of furan rings is 1. The molecule has 0 fully saturated rings. The predicted octanol–water partition coefficient (Wildman–Crippen LogP) is 4.28. The average Bonchev–Trinajstić information content (AvgIpc) is 2.78. The second-order valence-electron chi connectivity index (χ2n) is 4.28. The molecule has 2 nitrogen and oxygen atoms in total. The van der Waals surface area contributed by atoms with Gasteiger partial charge in [-0.25, -0.2) is 0 Å². The van der Waals surface area contributed by atoms with E-state index in [1.165, 1.54) is 5.56 Å². The predicted molar refractivity (Wildman–Crippen MR) is 71.1 cm³/mol. The lowest BCUT2D eigenvalue weighted by molar-refractivity contribution is 0.630. The standard InChI is InChI=1S/C16H11NO/c1-11-6-8-12(9-7-11)16-14(10-17)13-4-2-3-5-15(13)18-16/h2-9H,1H3. The van der Waals surface area contributed by atoms with Crippen LogP contribution in [0.5, 0.6) is 0 Å². The third kappa shape index (κ3) is 1.57. The first kappa shape index (κ1) is 10.6. The maximum atomic E-state index is 9.31. The van der Waals surface area contributed by atoms with Gasteiger partial charge in [0, 0.05) is 10.9 Å². The Hall–Kier alpha value is -2.53. The van der Waals surface area contributed by atoms with Crippen molar-refractivity contribution in [2.45, 2.75) is 6.92 Å². The van der Waals surface area contributed by atoms with Crippen molar-refractivity contribution in [3.05, 3.63) is 59.7 Å². The van der Waals surface area contributed by atoms with E-state index in [9.17, 15) is 5.26 Å². The Morgan fingerprint density at radius 2 is 1.72 bits per heavy atom. The van der Waals surface area contributed by atoms with Gasteiger partial charge in [-0.05, 0) is 19.1 Å². The lowest BCUT2D eigenvalue weighted by Gasteiger charge is -1.98. The van der Waals surface area contributed by atoms with E-state index in [1.54, 1.807) is 0 Å². The highest BCUT2D eigenvalue weighted by molar-refractivity contribution is 5.90. The van der Waals surface area contributed by atoms with Gasteiger partial charge in [0.2, 0.25) is 0 Å². The number of fused-ring (bicyclic) bond motifs is 1. The van der Waals surface area contributed by atoms with Crippen LogP contribution in [0.2, 0.25) is 0 Å². The maximum absolute atomic E-state index is 9.31. The summed E-state index contributed by atoms with van der Waals surface area (Å²) in [5.41, 5.74) is 3.49. The fourth-order valence-electron chi connectivity index (χ4n) is 2.06. The molecule has 1 aromatic heterocycles. The maximum Gasteiger partial charge on any atom is 0.153 e. The van der Waals surface area contributed by atoms with Crippen molar-refractivity contribution in [2.24, 2.45) is 0 Å². The summed E-state index contributed by atoms with van der Waals surface area (Å²) in [6, 6.07) is 17.9. The Balaban J connectivity index is 2.29. The molecule has 0 saturated heterocycles. The second-order valence-corrected chi connectivity index (χ2v) is 4.28. The molecule has 0 spiro atoms. The summed E-state index contributed by atoms with van der Waals surface area (Å²) in [7, 11) is 0. The van der Waals surface area contributed by atoms with Crippen molar-refractivity contribution in [1.29, 1.82) is 5.26 Å². The molecule has 0 aliphatic heterocycles. The number of aryl methyl sites for hydroxylation is 1. The Bertz CT molecular complexity index is 745. The molecule has 1 heterocycles. The summed E-state index contributed by atoms with van der Waals surface area (Å²) < 4.78 is 5.79. The molecule has 0 radical (unpaired) electrons. The SMILES string of the molecule is Cc1ccc(-c2oc3ccccc3c2C#N)cc1. The Morgan fingerprint density at radius 3 is 2.44 bits per heavy atom. The summed E-state index contributed by atoms with van der Waals surface area (Å²) in [5, 5.41) is 10.2. The molecule has 86 valence electrons. The number of benzene rings is 2. The molecule has 3 rings (SSSR count). The Morgan fingerprint density at radius 1 is 1.00 bits per heavy atom. The Labute approximate surface area is 105 Å². The van der Waals surface area contributed by atoms with Gasteiger partial charge in [-0.3, -0.25) is 0 Å². The highest BCUT2D eigenvalue weighted by Crippen LogP contribution is 2.32. The highest BCUT2D eigenvalue weighted by atomic mass is 16.3. The van der Waals surface area contributed by atoms with E-state index in [0.717, 1.165) is 16.5 Å². The largest absolute Gasteiger partial charge is 0.455 e. The summed E-state index contributed by atoms with van der Waals surface area (Å²) in [5.74, 6) is 0.652. The first-order valence-electron chi connectivity index (χ1n) is 5.78. The highest BCUT2D eigenvalue weighted by Gasteiger charge is 2.14. The van der Waals surface area contributed by atoms with Crippen LogP contribution in [-0.2, 0) is 0 Å². The van der Waals surface area contributed by atoms with Crippen LogP contribution in [0, 0.1) is 18.3 Å². The molecule has 0 aliphatic rings. The first-order valence-corrected chi connectivity index (χ1v) is 5.78. The lowest BCUT2D eigenvalue weighted by Crippen LogP contribution is -1.79. The van der Waals surface area contributed by atoms with Gasteiger partial charge < -0.3 is 4.42 Å². The van der Waals surface area contributed by atoms with Crippen LogP contribution in [0.15, 0.2) is 52.9 Å². The zero-order valence-corrected chi connectivity index (χ0v) is 9.97. The summed E-state index contributed by atoms with van der Waals surface area (Å²) in [4.78, 5) is 0. The molecule has 3 aromatic rings. The summed E-state index contributed by atoms with van der Waals surface area (Å²) >= 11 is 0. The topological polar surface area (TPSA) is 36.9 Å². The average molecular weight is 233 g/mol. The van der Waals surface area contributed by atoms with Crippen molar-refractivity contribution in [2.75, 3.05) is 0 Å². The Kier molecular flexibility index (Phi) is 2.39. The van der Waals surface area contributed by atoms with Crippen LogP contribution < -0.4 is 0 Å². The third-order valence-electron chi connectivity index (χ3n) is 3.02. The fraction of sp³-hybridized carbons (Fsp3) is 0.0625. The van der Waals surface area contributed by atoms with Crippen LogP contribution in [0.4, 0.5) is 0 Å². The van der Waals surface area contributed by atoms with Crippen molar-refractivity contribution in [3.63, 3.8) is 0 Å². The molecule has 0 amide bonds. The van der Waals surface area contributed by atoms with Gasteiger partial charge >= 0.3 is 0 Å². The normalized spacial score (nSPS) is 10.4. The molecule has 0 bridgehead atoms. The molecule has 0 N–H and O–H groups in total. The van der Waals surface area contributed by atoms with Crippen LogP contribution in [0.25, 0.3) is 22.3 Å². The van der Waals surface area contributed by atoms with E-state index >= 15 is 0 Å². The van der Waals surface area contributed by atoms with E-state index in [0.29, 0.717) is 11.3 Å².